The van der Waals surface area contributed by atoms with Crippen molar-refractivity contribution in [3.8, 4) is 17.2 Å². The lowest BCUT2D eigenvalue weighted by Crippen LogP contribution is -2.32. The number of aromatic nitrogens is 1. The molecule has 3 aromatic carbocycles. The van der Waals surface area contributed by atoms with Gasteiger partial charge in [-0.05, 0) is 54.1 Å². The Hall–Kier alpha value is -4.55. The van der Waals surface area contributed by atoms with Gasteiger partial charge in [0.1, 0.15) is 11.0 Å². The highest BCUT2D eigenvalue weighted by Gasteiger charge is 2.56. The van der Waals surface area contributed by atoms with Gasteiger partial charge in [0.25, 0.3) is 5.91 Å². The first-order chi connectivity index (χ1) is 20.4. The molecule has 3 atom stereocenters. The zero-order chi connectivity index (χ0) is 29.4. The minimum absolute atomic E-state index is 0.247. The predicted molar refractivity (Wildman–Crippen MR) is 159 cm³/mol. The Morgan fingerprint density at radius 3 is 2.40 bits per heavy atom. The van der Waals surface area contributed by atoms with E-state index in [4.69, 9.17) is 14.2 Å². The molecule has 0 bridgehead atoms. The van der Waals surface area contributed by atoms with E-state index in [2.05, 4.69) is 10.3 Å². The maximum Gasteiger partial charge on any atom is 0.305 e. The number of nitrogens with one attached hydrogen (secondary N) is 2. The lowest BCUT2D eigenvalue weighted by molar-refractivity contribution is -0.122. The predicted octanol–water partition coefficient (Wildman–Crippen LogP) is 4.27. The second-order valence-electron chi connectivity index (χ2n) is 9.57. The molecule has 2 aliphatic heterocycles. The van der Waals surface area contributed by atoms with Crippen LogP contribution >= 0.6 is 23.1 Å². The highest BCUT2D eigenvalue weighted by molar-refractivity contribution is 8.00. The standard InChI is InChI=1S/C30H25N3O7S2/c1-38-19-11-9-18(10-12-19)33-28(35)24-23(25-27(32-30(37)42-25)41-26(24)29(33)36)16-8-13-20(21(14-16)39-2)40-15-22(34)31-17-6-4-3-5-7-17/h3-14,23-24,26H,15H2,1-2H3,(H,31,34)(H,32,37). The quantitative estimate of drug-likeness (QED) is 0.286. The average molecular weight is 604 g/mol. The summed E-state index contributed by atoms with van der Waals surface area (Å²) in [4.78, 5) is 56.9. The molecule has 0 spiro atoms. The lowest BCUT2D eigenvalue weighted by atomic mass is 9.83. The van der Waals surface area contributed by atoms with Gasteiger partial charge in [0, 0.05) is 16.5 Å². The average Bonchev–Trinajstić information content (AvgIpc) is 3.50. The zero-order valence-corrected chi connectivity index (χ0v) is 24.1. The van der Waals surface area contributed by atoms with Gasteiger partial charge in [-0.1, -0.05) is 47.4 Å². The second-order valence-corrected chi connectivity index (χ2v) is 11.7. The number of aromatic amines is 1. The van der Waals surface area contributed by atoms with Gasteiger partial charge in [-0.2, -0.15) is 0 Å². The number of hydrogen-bond donors (Lipinski definition) is 2. The Morgan fingerprint density at radius 2 is 1.69 bits per heavy atom. The van der Waals surface area contributed by atoms with Crippen molar-refractivity contribution in [3.63, 3.8) is 0 Å². The first-order valence-electron chi connectivity index (χ1n) is 12.9. The molecule has 2 N–H and O–H groups in total. The minimum Gasteiger partial charge on any atom is -0.497 e. The van der Waals surface area contributed by atoms with Crippen LogP contribution < -0.4 is 29.3 Å². The van der Waals surface area contributed by atoms with Gasteiger partial charge in [-0.25, -0.2) is 4.90 Å². The summed E-state index contributed by atoms with van der Waals surface area (Å²) in [5, 5.41) is 2.61. The van der Waals surface area contributed by atoms with Crippen molar-refractivity contribution in [2.45, 2.75) is 16.2 Å². The monoisotopic (exact) mass is 603 g/mol. The fourth-order valence-corrected chi connectivity index (χ4v) is 7.74. The van der Waals surface area contributed by atoms with E-state index in [9.17, 15) is 19.2 Å². The van der Waals surface area contributed by atoms with Crippen molar-refractivity contribution in [2.75, 3.05) is 31.0 Å². The molecule has 3 heterocycles. The number of carbonyl (C=O) groups excluding carboxylic acids is 3. The van der Waals surface area contributed by atoms with Crippen molar-refractivity contribution < 1.29 is 28.6 Å². The molecule has 10 nitrogen and oxygen atoms in total. The van der Waals surface area contributed by atoms with Crippen molar-refractivity contribution >= 4 is 52.2 Å². The number of fused-ring (bicyclic) bond motifs is 2. The largest absolute Gasteiger partial charge is 0.497 e. The van der Waals surface area contributed by atoms with Gasteiger partial charge < -0.3 is 24.5 Å². The van der Waals surface area contributed by atoms with E-state index in [1.807, 2.05) is 18.2 Å². The number of thioether (sulfide) groups is 1. The van der Waals surface area contributed by atoms with E-state index >= 15 is 0 Å². The van der Waals surface area contributed by atoms with Crippen LogP contribution in [0.2, 0.25) is 0 Å². The van der Waals surface area contributed by atoms with Gasteiger partial charge in [-0.3, -0.25) is 19.2 Å². The normalized spacial score (nSPS) is 19.2. The maximum absolute atomic E-state index is 13.9. The van der Waals surface area contributed by atoms with Crippen molar-refractivity contribution in [1.29, 1.82) is 0 Å². The van der Waals surface area contributed by atoms with Crippen LogP contribution in [0.25, 0.3) is 0 Å². The van der Waals surface area contributed by atoms with Crippen molar-refractivity contribution in [2.24, 2.45) is 5.92 Å². The number of ether oxygens (including phenoxy) is 3. The number of amides is 3. The highest BCUT2D eigenvalue weighted by Crippen LogP contribution is 2.53. The van der Waals surface area contributed by atoms with Crippen LogP contribution in [-0.4, -0.2) is 48.8 Å². The molecular weight excluding hydrogens is 578 g/mol. The molecular formula is C30H25N3O7S2. The molecule has 214 valence electrons. The van der Waals surface area contributed by atoms with Gasteiger partial charge in [0.05, 0.1) is 30.9 Å². The Kier molecular flexibility index (Phi) is 7.48. The van der Waals surface area contributed by atoms with Crippen LogP contribution in [-0.2, 0) is 14.4 Å². The molecule has 12 heteroatoms. The van der Waals surface area contributed by atoms with Crippen molar-refractivity contribution in [1.82, 2.24) is 4.98 Å². The highest BCUT2D eigenvalue weighted by atomic mass is 32.2. The third-order valence-corrected chi connectivity index (χ3v) is 9.52. The fraction of sp³-hybridized carbons (Fsp3) is 0.200. The second kappa shape index (κ2) is 11.4. The molecule has 0 aliphatic carbocycles. The molecule has 1 fully saturated rings. The maximum atomic E-state index is 13.9. The molecule has 3 amide bonds. The van der Waals surface area contributed by atoms with E-state index in [-0.39, 0.29) is 29.2 Å². The van der Waals surface area contributed by atoms with Crippen LogP contribution in [0.15, 0.2) is 82.6 Å². The summed E-state index contributed by atoms with van der Waals surface area (Å²) < 4.78 is 16.6. The first kappa shape index (κ1) is 27.6. The van der Waals surface area contributed by atoms with E-state index in [0.29, 0.717) is 44.1 Å². The van der Waals surface area contributed by atoms with E-state index in [1.54, 1.807) is 61.7 Å². The molecule has 6 rings (SSSR count). The lowest BCUT2D eigenvalue weighted by Gasteiger charge is -2.30. The van der Waals surface area contributed by atoms with Crippen LogP contribution in [0.5, 0.6) is 17.2 Å². The Bertz CT molecular complexity index is 1720. The Balaban J connectivity index is 1.30. The van der Waals surface area contributed by atoms with Crippen LogP contribution in [0.4, 0.5) is 11.4 Å². The molecule has 2 aliphatic rings. The molecule has 42 heavy (non-hydrogen) atoms. The van der Waals surface area contributed by atoms with Crippen LogP contribution in [0.1, 0.15) is 16.4 Å². The Morgan fingerprint density at radius 1 is 0.929 bits per heavy atom. The summed E-state index contributed by atoms with van der Waals surface area (Å²) in [6.45, 7) is -0.247. The number of thiazole rings is 1. The fourth-order valence-electron chi connectivity index (χ4n) is 5.22. The number of methoxy groups -OCH3 is 2. The van der Waals surface area contributed by atoms with E-state index in [0.717, 1.165) is 11.3 Å². The Labute approximate surface area is 248 Å². The summed E-state index contributed by atoms with van der Waals surface area (Å²) in [6, 6.07) is 20.9. The van der Waals surface area contributed by atoms with Gasteiger partial charge in [0.2, 0.25) is 11.8 Å². The molecule has 0 saturated carbocycles. The summed E-state index contributed by atoms with van der Waals surface area (Å²) in [5.41, 5.74) is 1.78. The van der Waals surface area contributed by atoms with E-state index in [1.165, 1.54) is 23.8 Å². The molecule has 3 unspecified atom stereocenters. The number of benzene rings is 3. The summed E-state index contributed by atoms with van der Waals surface area (Å²) in [7, 11) is 3.02. The van der Waals surface area contributed by atoms with Gasteiger partial charge >= 0.3 is 4.87 Å². The number of carbonyl (C=O) groups is 3. The molecule has 1 aromatic heterocycles. The topological polar surface area (TPSA) is 127 Å². The zero-order valence-electron chi connectivity index (χ0n) is 22.5. The van der Waals surface area contributed by atoms with E-state index < -0.39 is 17.1 Å². The third kappa shape index (κ3) is 5.03. The summed E-state index contributed by atoms with van der Waals surface area (Å²) >= 11 is 2.23. The number of rotatable bonds is 8. The molecule has 0 radical (unpaired) electrons. The van der Waals surface area contributed by atoms with Gasteiger partial charge in [0.15, 0.2) is 18.1 Å². The number of hydrogen-bond acceptors (Lipinski definition) is 9. The first-order valence-corrected chi connectivity index (χ1v) is 14.6. The van der Waals surface area contributed by atoms with Crippen molar-refractivity contribution in [3.05, 3.63) is 92.9 Å². The minimum atomic E-state index is -0.753. The summed E-state index contributed by atoms with van der Waals surface area (Å²) in [6.07, 6.45) is 0. The van der Waals surface area contributed by atoms with Gasteiger partial charge in [-0.15, -0.1) is 0 Å². The molecule has 4 aromatic rings. The summed E-state index contributed by atoms with van der Waals surface area (Å²) in [5.74, 6) is -1.08. The SMILES string of the molecule is COc1ccc(N2C(=O)C3Sc4[nH]c(=O)sc4C(c4ccc(OCC(=O)Nc5ccccc5)c(OC)c4)C3C2=O)cc1. The third-order valence-electron chi connectivity index (χ3n) is 7.12. The smallest absolute Gasteiger partial charge is 0.305 e. The number of para-hydroxylation sites is 1. The number of imide groups is 1. The number of H-pyrrole nitrogens is 1. The molecule has 1 saturated heterocycles. The number of anilines is 2. The van der Waals surface area contributed by atoms with Crippen LogP contribution in [0, 0.1) is 5.92 Å². The number of nitrogens with zero attached hydrogens (tertiary/aromatic N) is 1. The van der Waals surface area contributed by atoms with Crippen LogP contribution in [0.3, 0.4) is 0 Å².